The minimum atomic E-state index is -2.24. The van der Waals surface area contributed by atoms with Crippen molar-refractivity contribution < 1.29 is 49.0 Å². The number of rotatable bonds is 2. The Hall–Kier alpha value is -1.40. The molecule has 0 aromatic heterocycles. The van der Waals surface area contributed by atoms with E-state index in [4.69, 9.17) is 18.9 Å². The van der Waals surface area contributed by atoms with Gasteiger partial charge in [0.2, 0.25) is 12.1 Å². The van der Waals surface area contributed by atoms with E-state index >= 15 is 0 Å². The summed E-state index contributed by atoms with van der Waals surface area (Å²) >= 11 is 0. The van der Waals surface area contributed by atoms with Gasteiger partial charge in [0.25, 0.3) is 0 Å². The maximum absolute atomic E-state index is 13.1. The van der Waals surface area contributed by atoms with Crippen molar-refractivity contribution in [3.8, 4) is 0 Å². The molecule has 2 saturated heterocycles. The fraction of sp³-hybridized carbons (Fsp3) is 0.862. The molecule has 0 aromatic rings. The summed E-state index contributed by atoms with van der Waals surface area (Å²) in [4.78, 5) is 25.0. The Morgan fingerprint density at radius 1 is 1.03 bits per heavy atom. The molecule has 3 heterocycles. The average Bonchev–Trinajstić information content (AvgIpc) is 3.45. The molecule has 0 amide bonds. The molecule has 7 aliphatic rings. The van der Waals surface area contributed by atoms with Crippen molar-refractivity contribution in [1.29, 1.82) is 0 Å². The molecule has 7 rings (SSSR count). The van der Waals surface area contributed by atoms with Crippen molar-refractivity contribution in [2.24, 2.45) is 34.5 Å². The van der Waals surface area contributed by atoms with E-state index in [0.29, 0.717) is 19.3 Å². The minimum absolute atomic E-state index is 0.0394. The first-order valence-corrected chi connectivity index (χ1v) is 14.6. The Bertz CT molecular complexity index is 1090. The molecule has 39 heavy (non-hydrogen) atoms. The Morgan fingerprint density at radius 3 is 2.54 bits per heavy atom. The normalized spacial score (nSPS) is 58.2. The van der Waals surface area contributed by atoms with Crippen molar-refractivity contribution in [2.45, 2.75) is 113 Å². The van der Waals surface area contributed by atoms with Crippen LogP contribution in [0.1, 0.15) is 65.2 Å². The standard InChI is InChI=1S/C29H40O10/c1-14-23(32)24(33)29(35)25(37-14)38-20-10-16-3-4-19-18(27(16,13-30)11-21(20)39-29)5-7-26(2)17(6-8-28(19,26)34)15-9-22(31)36-12-15/h9,13-14,16-21,23-25,32-35H,3-8,10-12H2,1-2H3. The van der Waals surface area contributed by atoms with Gasteiger partial charge in [0, 0.05) is 16.9 Å². The number of aliphatic hydroxyl groups is 4. The molecule has 0 spiro atoms. The third-order valence-electron chi connectivity index (χ3n) is 12.3. The molecule has 14 atom stereocenters. The van der Waals surface area contributed by atoms with E-state index in [-0.39, 0.29) is 36.2 Å². The van der Waals surface area contributed by atoms with Gasteiger partial charge in [-0.3, -0.25) is 0 Å². The van der Waals surface area contributed by atoms with Crippen LogP contribution in [-0.4, -0.2) is 87.5 Å². The fourth-order valence-corrected chi connectivity index (χ4v) is 10.2. The van der Waals surface area contributed by atoms with Crippen LogP contribution in [-0.2, 0) is 28.5 Å². The van der Waals surface area contributed by atoms with E-state index in [2.05, 4.69) is 6.92 Å². The highest BCUT2D eigenvalue weighted by Gasteiger charge is 2.71. The highest BCUT2D eigenvalue weighted by atomic mass is 16.8. The number of esters is 1. The molecule has 10 nitrogen and oxygen atoms in total. The molecule has 14 unspecified atom stereocenters. The van der Waals surface area contributed by atoms with Crippen LogP contribution in [0.3, 0.4) is 0 Å². The number of fused-ring (bicyclic) bond motifs is 7. The van der Waals surface area contributed by atoms with Gasteiger partial charge < -0.3 is 44.2 Å². The van der Waals surface area contributed by atoms with Crippen LogP contribution in [0.15, 0.2) is 11.6 Å². The summed E-state index contributed by atoms with van der Waals surface area (Å²) in [6, 6.07) is 0. The quantitative estimate of drug-likeness (QED) is 0.223. The van der Waals surface area contributed by atoms with Crippen molar-refractivity contribution in [1.82, 2.24) is 0 Å². The van der Waals surface area contributed by atoms with Crippen LogP contribution in [0.5, 0.6) is 0 Å². The number of aldehydes is 1. The molecule has 0 radical (unpaired) electrons. The van der Waals surface area contributed by atoms with Crippen molar-refractivity contribution >= 4 is 12.3 Å². The number of hydrogen-bond acceptors (Lipinski definition) is 10. The second kappa shape index (κ2) is 8.56. The number of hydrogen-bond donors (Lipinski definition) is 4. The lowest BCUT2D eigenvalue weighted by Gasteiger charge is -2.64. The second-order valence-electron chi connectivity index (χ2n) is 13.6. The van der Waals surface area contributed by atoms with Gasteiger partial charge in [0.1, 0.15) is 25.1 Å². The van der Waals surface area contributed by atoms with Crippen LogP contribution in [0.2, 0.25) is 0 Å². The SMILES string of the molecule is CC1OC2OC3CC4CCC5C(CCC6(C)C(C7=CC(=O)OC7)CCC56O)C4(C=O)CC3OC2(O)C(O)C1O. The monoisotopic (exact) mass is 548 g/mol. The smallest absolute Gasteiger partial charge is 0.331 e. The zero-order chi connectivity index (χ0) is 27.5. The third kappa shape index (κ3) is 3.34. The van der Waals surface area contributed by atoms with Crippen molar-refractivity contribution in [3.63, 3.8) is 0 Å². The van der Waals surface area contributed by atoms with Crippen molar-refractivity contribution in [2.75, 3.05) is 6.61 Å². The summed E-state index contributed by atoms with van der Waals surface area (Å²) in [6.45, 7) is 4.04. The zero-order valence-electron chi connectivity index (χ0n) is 22.5. The highest BCUT2D eigenvalue weighted by Crippen LogP contribution is 2.70. The molecule has 216 valence electrons. The Labute approximate surface area is 227 Å². The Kier molecular flexibility index (Phi) is 5.82. The molecule has 4 N–H and O–H groups in total. The largest absolute Gasteiger partial charge is 0.458 e. The Balaban J connectivity index is 1.18. The van der Waals surface area contributed by atoms with E-state index < -0.39 is 59.0 Å². The second-order valence-corrected chi connectivity index (χ2v) is 13.6. The van der Waals surface area contributed by atoms with E-state index in [9.17, 15) is 30.0 Å². The molecule has 4 aliphatic carbocycles. The van der Waals surface area contributed by atoms with E-state index in [1.807, 2.05) is 0 Å². The summed E-state index contributed by atoms with van der Waals surface area (Å²) < 4.78 is 23.2. The summed E-state index contributed by atoms with van der Waals surface area (Å²) in [7, 11) is 0. The van der Waals surface area contributed by atoms with Crippen LogP contribution in [0, 0.1) is 34.5 Å². The number of carbonyl (C=O) groups is 2. The fourth-order valence-electron chi connectivity index (χ4n) is 10.2. The summed E-state index contributed by atoms with van der Waals surface area (Å²) in [6.07, 6.45) is 1.98. The van der Waals surface area contributed by atoms with Gasteiger partial charge in [-0.15, -0.1) is 0 Å². The maximum Gasteiger partial charge on any atom is 0.331 e. The van der Waals surface area contributed by atoms with Crippen LogP contribution in [0.25, 0.3) is 0 Å². The number of ether oxygens (including phenoxy) is 4. The molecule has 4 saturated carbocycles. The predicted octanol–water partition coefficient (Wildman–Crippen LogP) is 0.972. The summed E-state index contributed by atoms with van der Waals surface area (Å²) in [5.41, 5.74) is -1.17. The van der Waals surface area contributed by atoms with Gasteiger partial charge in [-0.2, -0.15) is 0 Å². The Morgan fingerprint density at radius 2 is 1.82 bits per heavy atom. The van der Waals surface area contributed by atoms with Gasteiger partial charge in [-0.25, -0.2) is 4.79 Å². The van der Waals surface area contributed by atoms with Gasteiger partial charge in [0.05, 0.1) is 23.9 Å². The molecule has 3 aliphatic heterocycles. The first kappa shape index (κ1) is 26.5. The maximum atomic E-state index is 13.1. The lowest BCUT2D eigenvalue weighted by atomic mass is 9.42. The van der Waals surface area contributed by atoms with Crippen LogP contribution >= 0.6 is 0 Å². The lowest BCUT2D eigenvalue weighted by Crippen LogP contribution is -2.73. The van der Waals surface area contributed by atoms with E-state index in [0.717, 1.165) is 44.0 Å². The zero-order valence-corrected chi connectivity index (χ0v) is 22.5. The average molecular weight is 549 g/mol. The third-order valence-corrected chi connectivity index (χ3v) is 12.3. The van der Waals surface area contributed by atoms with Crippen molar-refractivity contribution in [3.05, 3.63) is 11.6 Å². The molecular formula is C29H40O10. The van der Waals surface area contributed by atoms with E-state index in [1.165, 1.54) is 0 Å². The molecular weight excluding hydrogens is 508 g/mol. The van der Waals surface area contributed by atoms with Gasteiger partial charge in [-0.05, 0) is 87.5 Å². The molecule has 0 aromatic carbocycles. The molecule has 6 fully saturated rings. The first-order valence-electron chi connectivity index (χ1n) is 14.6. The summed E-state index contributed by atoms with van der Waals surface area (Å²) in [5.74, 6) is -2.59. The molecule has 10 heteroatoms. The van der Waals surface area contributed by atoms with Crippen LogP contribution in [0.4, 0.5) is 0 Å². The number of cyclic esters (lactones) is 1. The number of carbonyl (C=O) groups excluding carboxylic acids is 2. The van der Waals surface area contributed by atoms with Gasteiger partial charge in [0.15, 0.2) is 0 Å². The highest BCUT2D eigenvalue weighted by molar-refractivity contribution is 5.85. The summed E-state index contributed by atoms with van der Waals surface area (Å²) in [5, 5.41) is 44.8. The van der Waals surface area contributed by atoms with E-state index in [1.54, 1.807) is 13.0 Å². The topological polar surface area (TPSA) is 152 Å². The molecule has 0 bridgehead atoms. The first-order chi connectivity index (χ1) is 18.5. The van der Waals surface area contributed by atoms with Gasteiger partial charge in [-0.1, -0.05) is 6.92 Å². The van der Waals surface area contributed by atoms with Gasteiger partial charge >= 0.3 is 5.97 Å². The van der Waals surface area contributed by atoms with Crippen LogP contribution < -0.4 is 0 Å². The minimum Gasteiger partial charge on any atom is -0.458 e. The predicted molar refractivity (Wildman–Crippen MR) is 133 cm³/mol. The number of aliphatic hydroxyl groups excluding tert-OH is 2. The lowest BCUT2D eigenvalue weighted by molar-refractivity contribution is -0.468.